The molecule has 1 amide bonds. The summed E-state index contributed by atoms with van der Waals surface area (Å²) in [7, 11) is 2.13. The van der Waals surface area contributed by atoms with Crippen LogP contribution in [0.25, 0.3) is 0 Å². The lowest BCUT2D eigenvalue weighted by Crippen LogP contribution is -2.44. The molecule has 1 aromatic rings. The first-order valence-electron chi connectivity index (χ1n) is 6.98. The molecule has 1 atom stereocenters. The van der Waals surface area contributed by atoms with Gasteiger partial charge in [0.1, 0.15) is 5.82 Å². The van der Waals surface area contributed by atoms with Crippen LogP contribution in [0.5, 0.6) is 0 Å². The van der Waals surface area contributed by atoms with Gasteiger partial charge in [0.15, 0.2) is 0 Å². The molecule has 0 saturated carbocycles. The Bertz CT molecular complexity index is 437. The zero-order valence-electron chi connectivity index (χ0n) is 12.2. The average molecular weight is 277 g/mol. The van der Waals surface area contributed by atoms with E-state index in [1.165, 1.54) is 0 Å². The van der Waals surface area contributed by atoms with E-state index in [-0.39, 0.29) is 5.91 Å². The molecule has 20 heavy (non-hydrogen) atoms. The summed E-state index contributed by atoms with van der Waals surface area (Å²) in [4.78, 5) is 20.5. The van der Waals surface area contributed by atoms with Crippen LogP contribution in [0.15, 0.2) is 18.3 Å². The third-order valence-electron chi connectivity index (χ3n) is 3.52. The monoisotopic (exact) mass is 277 g/mol. The van der Waals surface area contributed by atoms with Gasteiger partial charge in [-0.2, -0.15) is 0 Å². The van der Waals surface area contributed by atoms with Crippen molar-refractivity contribution in [1.29, 1.82) is 0 Å². The molecule has 6 nitrogen and oxygen atoms in total. The number of nitrogens with two attached hydrogens (primary N) is 1. The molecule has 0 spiro atoms. The predicted molar refractivity (Wildman–Crippen MR) is 79.4 cm³/mol. The minimum Gasteiger partial charge on any atom is -0.354 e. The first kappa shape index (κ1) is 14.7. The van der Waals surface area contributed by atoms with Crippen LogP contribution in [0.2, 0.25) is 0 Å². The lowest BCUT2D eigenvalue weighted by atomic mass is 10.2. The highest BCUT2D eigenvalue weighted by atomic mass is 16.2. The van der Waals surface area contributed by atoms with Gasteiger partial charge in [-0.3, -0.25) is 4.79 Å². The van der Waals surface area contributed by atoms with Gasteiger partial charge in [0.2, 0.25) is 5.91 Å². The highest BCUT2D eigenvalue weighted by molar-refractivity contribution is 5.80. The number of pyridine rings is 1. The van der Waals surface area contributed by atoms with Crippen molar-refractivity contribution < 1.29 is 4.79 Å². The Labute approximate surface area is 120 Å². The molecule has 3 N–H and O–H groups in total. The zero-order chi connectivity index (χ0) is 14.5. The quantitative estimate of drug-likeness (QED) is 0.797. The van der Waals surface area contributed by atoms with Crippen molar-refractivity contribution in [1.82, 2.24) is 15.2 Å². The molecule has 2 heterocycles. The summed E-state index contributed by atoms with van der Waals surface area (Å²) in [5.41, 5.74) is 6.48. The van der Waals surface area contributed by atoms with Gasteiger partial charge >= 0.3 is 0 Å². The summed E-state index contributed by atoms with van der Waals surface area (Å²) in [6, 6.07) is 3.54. The summed E-state index contributed by atoms with van der Waals surface area (Å²) in [6.07, 6.45) is 1.81. The van der Waals surface area contributed by atoms with Crippen molar-refractivity contribution in [2.24, 2.45) is 5.73 Å². The van der Waals surface area contributed by atoms with Crippen LogP contribution in [-0.2, 0) is 11.3 Å². The van der Waals surface area contributed by atoms with Crippen molar-refractivity contribution in [3.63, 3.8) is 0 Å². The minimum absolute atomic E-state index is 0.145. The highest BCUT2D eigenvalue weighted by Gasteiger charge is 2.15. The fourth-order valence-electron chi connectivity index (χ4n) is 2.09. The fraction of sp³-hybridized carbons (Fsp3) is 0.571. The van der Waals surface area contributed by atoms with Crippen molar-refractivity contribution in [3.8, 4) is 0 Å². The molecule has 1 aliphatic heterocycles. The first-order valence-corrected chi connectivity index (χ1v) is 6.98. The zero-order valence-corrected chi connectivity index (χ0v) is 12.2. The Kier molecular flexibility index (Phi) is 4.92. The molecule has 0 radical (unpaired) electrons. The molecule has 1 aliphatic rings. The molecule has 1 saturated heterocycles. The molecule has 1 fully saturated rings. The maximum Gasteiger partial charge on any atom is 0.236 e. The second kappa shape index (κ2) is 6.67. The second-order valence-corrected chi connectivity index (χ2v) is 5.32. The molecular weight excluding hydrogens is 254 g/mol. The van der Waals surface area contributed by atoms with Gasteiger partial charge < -0.3 is 20.9 Å². The lowest BCUT2D eigenvalue weighted by Gasteiger charge is -2.33. The predicted octanol–water partition coefficient (Wildman–Crippen LogP) is -0.203. The van der Waals surface area contributed by atoms with Crippen LogP contribution in [0, 0.1) is 0 Å². The van der Waals surface area contributed by atoms with Crippen LogP contribution in [0.3, 0.4) is 0 Å². The Hall–Kier alpha value is -1.66. The number of hydrogen-bond donors (Lipinski definition) is 2. The van der Waals surface area contributed by atoms with E-state index in [2.05, 4.69) is 27.1 Å². The minimum atomic E-state index is -0.479. The summed E-state index contributed by atoms with van der Waals surface area (Å²) in [5.74, 6) is 0.855. The van der Waals surface area contributed by atoms with E-state index in [4.69, 9.17) is 5.73 Å². The Morgan fingerprint density at radius 3 is 2.65 bits per heavy atom. The number of nitrogens with zero attached hydrogens (tertiary/aromatic N) is 3. The van der Waals surface area contributed by atoms with E-state index in [0.29, 0.717) is 6.54 Å². The summed E-state index contributed by atoms with van der Waals surface area (Å²) >= 11 is 0. The Balaban J connectivity index is 1.88. The van der Waals surface area contributed by atoms with E-state index < -0.39 is 6.04 Å². The Morgan fingerprint density at radius 2 is 2.10 bits per heavy atom. The van der Waals surface area contributed by atoms with E-state index in [1.807, 2.05) is 18.3 Å². The molecule has 0 bridgehead atoms. The Morgan fingerprint density at radius 1 is 1.40 bits per heavy atom. The maximum absolute atomic E-state index is 11.4. The van der Waals surface area contributed by atoms with Gasteiger partial charge in [-0.05, 0) is 25.6 Å². The average Bonchev–Trinajstić information content (AvgIpc) is 2.46. The smallest absolute Gasteiger partial charge is 0.236 e. The fourth-order valence-corrected chi connectivity index (χ4v) is 2.09. The number of anilines is 1. The SMILES string of the molecule is C[C@@H](N)C(=O)NCc1ccc(N2CCN(C)CC2)nc1. The number of carbonyl (C=O) groups excluding carboxylic acids is 1. The van der Waals surface area contributed by atoms with Crippen LogP contribution in [-0.4, -0.2) is 55.1 Å². The number of rotatable bonds is 4. The summed E-state index contributed by atoms with van der Waals surface area (Å²) in [5, 5.41) is 2.78. The van der Waals surface area contributed by atoms with Gasteiger partial charge in [-0.15, -0.1) is 0 Å². The normalized spacial score (nSPS) is 17.9. The number of likely N-dealkylation sites (N-methyl/N-ethyl adjacent to an activating group) is 1. The van der Waals surface area contributed by atoms with Crippen molar-refractivity contribution >= 4 is 11.7 Å². The topological polar surface area (TPSA) is 74.5 Å². The molecule has 0 unspecified atom stereocenters. The van der Waals surface area contributed by atoms with Gasteiger partial charge in [-0.1, -0.05) is 6.07 Å². The first-order chi connectivity index (χ1) is 9.56. The van der Waals surface area contributed by atoms with Crippen LogP contribution >= 0.6 is 0 Å². The number of piperazine rings is 1. The standard InChI is InChI=1S/C14H23N5O/c1-11(15)14(20)17-10-12-3-4-13(16-9-12)19-7-5-18(2)6-8-19/h3-4,9,11H,5-8,10,15H2,1-2H3,(H,17,20)/t11-/m1/s1. The molecular formula is C14H23N5O. The van der Waals surface area contributed by atoms with E-state index in [9.17, 15) is 4.79 Å². The van der Waals surface area contributed by atoms with E-state index in [0.717, 1.165) is 37.6 Å². The summed E-state index contributed by atoms with van der Waals surface area (Å²) < 4.78 is 0. The van der Waals surface area contributed by atoms with Crippen molar-refractivity contribution in [2.45, 2.75) is 19.5 Å². The second-order valence-electron chi connectivity index (χ2n) is 5.32. The van der Waals surface area contributed by atoms with Gasteiger partial charge in [0, 0.05) is 38.9 Å². The van der Waals surface area contributed by atoms with Crippen LogP contribution < -0.4 is 16.0 Å². The largest absolute Gasteiger partial charge is 0.354 e. The van der Waals surface area contributed by atoms with Gasteiger partial charge in [0.25, 0.3) is 0 Å². The van der Waals surface area contributed by atoms with E-state index >= 15 is 0 Å². The lowest BCUT2D eigenvalue weighted by molar-refractivity contribution is -0.122. The molecule has 6 heteroatoms. The number of amides is 1. The number of carbonyl (C=O) groups is 1. The van der Waals surface area contributed by atoms with Crippen LogP contribution in [0.1, 0.15) is 12.5 Å². The molecule has 110 valence electrons. The molecule has 0 aliphatic carbocycles. The van der Waals surface area contributed by atoms with Gasteiger partial charge in [-0.25, -0.2) is 4.98 Å². The van der Waals surface area contributed by atoms with Crippen molar-refractivity contribution in [2.75, 3.05) is 38.1 Å². The van der Waals surface area contributed by atoms with E-state index in [1.54, 1.807) is 6.92 Å². The number of hydrogen-bond acceptors (Lipinski definition) is 5. The highest BCUT2D eigenvalue weighted by Crippen LogP contribution is 2.13. The third kappa shape index (κ3) is 3.91. The van der Waals surface area contributed by atoms with Gasteiger partial charge in [0.05, 0.1) is 6.04 Å². The number of nitrogens with one attached hydrogen (secondary N) is 1. The van der Waals surface area contributed by atoms with Crippen molar-refractivity contribution in [3.05, 3.63) is 23.9 Å². The van der Waals surface area contributed by atoms with Crippen LogP contribution in [0.4, 0.5) is 5.82 Å². The molecule has 1 aromatic heterocycles. The third-order valence-corrected chi connectivity index (χ3v) is 3.52. The molecule has 2 rings (SSSR count). The molecule has 0 aromatic carbocycles. The summed E-state index contributed by atoms with van der Waals surface area (Å²) in [6.45, 7) is 6.27. The number of aromatic nitrogens is 1. The maximum atomic E-state index is 11.4.